The number of halogens is 1. The quantitative estimate of drug-likeness (QED) is 0.811. The lowest BCUT2D eigenvalue weighted by Crippen LogP contribution is -2.24. The fourth-order valence-electron chi connectivity index (χ4n) is 3.15. The molecule has 1 aliphatic rings. The molecule has 3 heteroatoms. The first-order chi connectivity index (χ1) is 9.44. The van der Waals surface area contributed by atoms with E-state index in [2.05, 4.69) is 13.8 Å². The van der Waals surface area contributed by atoms with Crippen LogP contribution in [0.25, 0.3) is 11.0 Å². The predicted molar refractivity (Wildman–Crippen MR) is 81.9 cm³/mol. The molecule has 1 N–H and O–H groups in total. The Morgan fingerprint density at radius 3 is 2.65 bits per heavy atom. The van der Waals surface area contributed by atoms with E-state index in [1.54, 1.807) is 0 Å². The number of aliphatic hydroxyl groups excluding tert-OH is 1. The van der Waals surface area contributed by atoms with Crippen LogP contribution in [0.4, 0.5) is 0 Å². The van der Waals surface area contributed by atoms with Gasteiger partial charge in [0.2, 0.25) is 0 Å². The highest BCUT2D eigenvalue weighted by atomic mass is 35.5. The van der Waals surface area contributed by atoms with Crippen molar-refractivity contribution in [3.8, 4) is 0 Å². The van der Waals surface area contributed by atoms with E-state index < -0.39 is 6.10 Å². The zero-order valence-corrected chi connectivity index (χ0v) is 12.8. The Morgan fingerprint density at radius 1 is 1.25 bits per heavy atom. The molecule has 20 heavy (non-hydrogen) atoms. The predicted octanol–water partition coefficient (Wildman–Crippen LogP) is 5.34. The van der Waals surface area contributed by atoms with Gasteiger partial charge in [0.05, 0.1) is 0 Å². The van der Waals surface area contributed by atoms with Crippen molar-refractivity contribution in [3.63, 3.8) is 0 Å². The first-order valence-electron chi connectivity index (χ1n) is 7.32. The van der Waals surface area contributed by atoms with Gasteiger partial charge in [0.15, 0.2) is 0 Å². The normalized spacial score (nSPS) is 21.2. The first kappa shape index (κ1) is 14.0. The second-order valence-electron chi connectivity index (χ2n) is 6.78. The topological polar surface area (TPSA) is 33.4 Å². The van der Waals surface area contributed by atoms with Crippen LogP contribution in [-0.4, -0.2) is 5.11 Å². The van der Waals surface area contributed by atoms with E-state index in [1.165, 1.54) is 12.8 Å². The zero-order chi connectivity index (χ0) is 14.3. The third-order valence-electron chi connectivity index (χ3n) is 4.62. The molecule has 0 bridgehead atoms. The van der Waals surface area contributed by atoms with Crippen LogP contribution in [0, 0.1) is 11.3 Å². The Hall–Kier alpha value is -0.990. The molecule has 1 unspecified atom stereocenters. The standard InChI is InChI=1S/C17H21ClO2/c1-17(2)7-5-11(6-8-17)16(19)15-10-12-9-13(18)3-4-14(12)20-15/h3-4,9-11,16,19H,5-8H2,1-2H3. The summed E-state index contributed by atoms with van der Waals surface area (Å²) < 4.78 is 5.78. The van der Waals surface area contributed by atoms with E-state index in [0.29, 0.717) is 22.1 Å². The lowest BCUT2D eigenvalue weighted by molar-refractivity contribution is 0.0428. The van der Waals surface area contributed by atoms with Gasteiger partial charge < -0.3 is 9.52 Å². The Balaban J connectivity index is 1.80. The highest BCUT2D eigenvalue weighted by molar-refractivity contribution is 6.31. The van der Waals surface area contributed by atoms with Gasteiger partial charge >= 0.3 is 0 Å². The van der Waals surface area contributed by atoms with Crippen LogP contribution >= 0.6 is 11.6 Å². The molecule has 2 aromatic rings. The van der Waals surface area contributed by atoms with Crippen LogP contribution < -0.4 is 0 Å². The van der Waals surface area contributed by atoms with Gasteiger partial charge in [0.1, 0.15) is 17.4 Å². The Morgan fingerprint density at radius 2 is 1.95 bits per heavy atom. The molecule has 1 aromatic carbocycles. The van der Waals surface area contributed by atoms with E-state index in [0.717, 1.165) is 23.8 Å². The minimum atomic E-state index is -0.503. The van der Waals surface area contributed by atoms with Crippen molar-refractivity contribution in [3.05, 3.63) is 35.0 Å². The maximum absolute atomic E-state index is 10.6. The van der Waals surface area contributed by atoms with Gasteiger partial charge in [-0.3, -0.25) is 0 Å². The third-order valence-corrected chi connectivity index (χ3v) is 4.85. The summed E-state index contributed by atoms with van der Waals surface area (Å²) in [6.45, 7) is 4.61. The van der Waals surface area contributed by atoms with Gasteiger partial charge in [-0.15, -0.1) is 0 Å². The number of hydrogen-bond acceptors (Lipinski definition) is 2. The molecule has 108 valence electrons. The van der Waals surface area contributed by atoms with Crippen molar-refractivity contribution in [1.29, 1.82) is 0 Å². The number of hydrogen-bond donors (Lipinski definition) is 1. The number of rotatable bonds is 2. The molecular formula is C17H21ClO2. The Kier molecular flexibility index (Phi) is 3.55. The summed E-state index contributed by atoms with van der Waals surface area (Å²) >= 11 is 5.98. The van der Waals surface area contributed by atoms with Crippen molar-refractivity contribution >= 4 is 22.6 Å². The lowest BCUT2D eigenvalue weighted by atomic mass is 9.71. The highest BCUT2D eigenvalue weighted by Gasteiger charge is 2.32. The average molecular weight is 293 g/mol. The summed E-state index contributed by atoms with van der Waals surface area (Å²) in [5.74, 6) is 0.978. The van der Waals surface area contributed by atoms with E-state index in [9.17, 15) is 5.11 Å². The monoisotopic (exact) mass is 292 g/mol. The smallest absolute Gasteiger partial charge is 0.134 e. The van der Waals surface area contributed by atoms with Gasteiger partial charge in [-0.25, -0.2) is 0 Å². The molecule has 2 nitrogen and oxygen atoms in total. The lowest BCUT2D eigenvalue weighted by Gasteiger charge is -2.35. The summed E-state index contributed by atoms with van der Waals surface area (Å²) in [6, 6.07) is 7.47. The van der Waals surface area contributed by atoms with Gasteiger partial charge in [-0.1, -0.05) is 25.4 Å². The van der Waals surface area contributed by atoms with Crippen LogP contribution in [0.15, 0.2) is 28.7 Å². The van der Waals surface area contributed by atoms with Crippen molar-refractivity contribution in [2.24, 2.45) is 11.3 Å². The van der Waals surface area contributed by atoms with Crippen molar-refractivity contribution in [2.45, 2.75) is 45.6 Å². The zero-order valence-electron chi connectivity index (χ0n) is 12.0. The third kappa shape index (κ3) is 2.72. The number of furan rings is 1. The van der Waals surface area contributed by atoms with Crippen molar-refractivity contribution in [2.75, 3.05) is 0 Å². The maximum Gasteiger partial charge on any atom is 0.134 e. The molecule has 1 aliphatic carbocycles. The molecule has 1 heterocycles. The number of fused-ring (bicyclic) bond motifs is 1. The molecule has 0 spiro atoms. The van der Waals surface area contributed by atoms with Crippen LogP contribution in [0.3, 0.4) is 0 Å². The summed E-state index contributed by atoms with van der Waals surface area (Å²) in [4.78, 5) is 0. The highest BCUT2D eigenvalue weighted by Crippen LogP contribution is 2.43. The minimum Gasteiger partial charge on any atom is -0.458 e. The second-order valence-corrected chi connectivity index (χ2v) is 7.21. The van der Waals surface area contributed by atoms with Gasteiger partial charge in [-0.2, -0.15) is 0 Å². The van der Waals surface area contributed by atoms with Gasteiger partial charge in [0, 0.05) is 10.4 Å². The molecule has 1 fully saturated rings. The fraction of sp³-hybridized carbons (Fsp3) is 0.529. The van der Waals surface area contributed by atoms with Gasteiger partial charge in [-0.05, 0) is 61.3 Å². The molecule has 0 saturated heterocycles. The van der Waals surface area contributed by atoms with E-state index in [-0.39, 0.29) is 0 Å². The summed E-state index contributed by atoms with van der Waals surface area (Å²) in [5, 5.41) is 12.2. The van der Waals surface area contributed by atoms with Crippen LogP contribution in [0.2, 0.25) is 5.02 Å². The molecule has 1 saturated carbocycles. The second kappa shape index (κ2) is 5.09. The molecule has 0 amide bonds. The van der Waals surface area contributed by atoms with Crippen LogP contribution in [0.1, 0.15) is 51.4 Å². The summed E-state index contributed by atoms with van der Waals surface area (Å²) in [5.41, 5.74) is 1.21. The molecule has 3 rings (SSSR count). The molecular weight excluding hydrogens is 272 g/mol. The fourth-order valence-corrected chi connectivity index (χ4v) is 3.33. The van der Waals surface area contributed by atoms with E-state index in [4.69, 9.17) is 16.0 Å². The van der Waals surface area contributed by atoms with E-state index >= 15 is 0 Å². The van der Waals surface area contributed by atoms with E-state index in [1.807, 2.05) is 24.3 Å². The Labute approximate surface area is 124 Å². The average Bonchev–Trinajstić information content (AvgIpc) is 2.80. The largest absolute Gasteiger partial charge is 0.458 e. The number of benzene rings is 1. The first-order valence-corrected chi connectivity index (χ1v) is 7.69. The summed E-state index contributed by atoms with van der Waals surface area (Å²) in [7, 11) is 0. The maximum atomic E-state index is 10.6. The Bertz CT molecular complexity index is 604. The minimum absolute atomic E-state index is 0.305. The van der Waals surface area contributed by atoms with Crippen LogP contribution in [0.5, 0.6) is 0 Å². The molecule has 1 aromatic heterocycles. The molecule has 0 aliphatic heterocycles. The van der Waals surface area contributed by atoms with Crippen molar-refractivity contribution in [1.82, 2.24) is 0 Å². The van der Waals surface area contributed by atoms with Crippen LogP contribution in [-0.2, 0) is 0 Å². The molecule has 1 atom stereocenters. The molecule has 0 radical (unpaired) electrons. The SMILES string of the molecule is CC1(C)CCC(C(O)c2cc3cc(Cl)ccc3o2)CC1. The van der Waals surface area contributed by atoms with Crippen molar-refractivity contribution < 1.29 is 9.52 Å². The number of aliphatic hydroxyl groups is 1. The summed E-state index contributed by atoms with van der Waals surface area (Å²) in [6.07, 6.45) is 3.96. The van der Waals surface area contributed by atoms with Gasteiger partial charge in [0.25, 0.3) is 0 Å².